The number of fused-ring (bicyclic) bond motifs is 1. The number of carbonyl (C=O) groups is 1. The summed E-state index contributed by atoms with van der Waals surface area (Å²) >= 11 is 0. The highest BCUT2D eigenvalue weighted by Crippen LogP contribution is 2.32. The van der Waals surface area contributed by atoms with Gasteiger partial charge >= 0.3 is 0 Å². The smallest absolute Gasteiger partial charge is 0.247 e. The van der Waals surface area contributed by atoms with Gasteiger partial charge in [0.15, 0.2) is 23.5 Å². The van der Waals surface area contributed by atoms with Crippen molar-refractivity contribution < 1.29 is 24.2 Å². The largest absolute Gasteiger partial charge is 0.460 e. The molecule has 4 rings (SSSR count). The Hall–Kier alpha value is -3.68. The van der Waals surface area contributed by atoms with E-state index < -0.39 is 30.3 Å². The molecular formula is C19H24N8O5. The fourth-order valence-corrected chi connectivity index (χ4v) is 3.22. The van der Waals surface area contributed by atoms with E-state index in [1.165, 1.54) is 24.0 Å². The number of carbonyl (C=O) groups excluding carboxylic acids is 1. The van der Waals surface area contributed by atoms with Crippen LogP contribution in [0.25, 0.3) is 11.2 Å². The predicted octanol–water partition coefficient (Wildman–Crippen LogP) is 0.538. The highest BCUT2D eigenvalue weighted by molar-refractivity contribution is 5.84. The lowest BCUT2D eigenvalue weighted by Crippen LogP contribution is -2.34. The number of nitrogens with two attached hydrogens (primary N) is 1. The summed E-state index contributed by atoms with van der Waals surface area (Å²) in [6.07, 6.45) is -2.12. The summed E-state index contributed by atoms with van der Waals surface area (Å²) in [6, 6.07) is 1.84. The van der Waals surface area contributed by atoms with Gasteiger partial charge in [0.05, 0.1) is 12.5 Å². The number of hydrogen-bond acceptors (Lipinski definition) is 12. The molecule has 0 radical (unpaired) electrons. The van der Waals surface area contributed by atoms with Crippen molar-refractivity contribution in [2.24, 2.45) is 5.10 Å². The first kappa shape index (κ1) is 23.0. The standard InChI is InChI=1S/C18H21N7O5.CH3N/c1-7-4-10(29-9(7)3)5-21-24-18-22-15(19)11-16(23-18)25(6-20-11)17-13(28)12(27)14(30-17)8(2)26;1-2/h4-6,12-14,17,27-28H,1-3H3,(H3,19,22,23,24);2H,1H2/b21-5-;/t12-,13+,14+,17+;/m0./s1. The number of hydrogen-bond donors (Lipinski definition) is 5. The van der Waals surface area contributed by atoms with Crippen molar-refractivity contribution in [1.29, 1.82) is 5.41 Å². The van der Waals surface area contributed by atoms with Gasteiger partial charge in [-0.05, 0) is 39.1 Å². The number of imidazole rings is 1. The molecule has 170 valence electrons. The third-order valence-corrected chi connectivity index (χ3v) is 4.90. The second kappa shape index (κ2) is 9.21. The molecule has 1 saturated heterocycles. The first-order valence-corrected chi connectivity index (χ1v) is 9.50. The third kappa shape index (κ3) is 4.21. The molecule has 3 aromatic heterocycles. The SMILES string of the molecule is C=N.CC(=O)[C@H]1O[C@@H](n2cnc3c(N)nc(N/N=C\c4cc(C)c(C)o4)nc32)[C@H](O)[C@@H]1O. The van der Waals surface area contributed by atoms with Gasteiger partial charge in [-0.1, -0.05) is 0 Å². The molecule has 1 aliphatic heterocycles. The van der Waals surface area contributed by atoms with Crippen LogP contribution in [0.2, 0.25) is 0 Å². The normalized spacial score (nSPS) is 22.8. The average Bonchev–Trinajstić information content (AvgIpc) is 3.40. The predicted molar refractivity (Wildman–Crippen MR) is 116 cm³/mol. The van der Waals surface area contributed by atoms with E-state index in [1.54, 1.807) is 0 Å². The van der Waals surface area contributed by atoms with E-state index >= 15 is 0 Å². The van der Waals surface area contributed by atoms with E-state index in [0.717, 1.165) is 11.3 Å². The van der Waals surface area contributed by atoms with Gasteiger partial charge in [-0.2, -0.15) is 15.1 Å². The Kier molecular flexibility index (Phi) is 6.62. The van der Waals surface area contributed by atoms with Gasteiger partial charge in [0.1, 0.15) is 35.3 Å². The Bertz CT molecular complexity index is 1140. The Balaban J connectivity index is 0.00000141. The van der Waals surface area contributed by atoms with Crippen LogP contribution >= 0.6 is 0 Å². The maximum Gasteiger partial charge on any atom is 0.247 e. The number of ketones is 1. The van der Waals surface area contributed by atoms with Crippen LogP contribution in [0.5, 0.6) is 0 Å². The minimum atomic E-state index is -1.37. The molecule has 0 spiro atoms. The molecule has 32 heavy (non-hydrogen) atoms. The molecule has 0 aromatic carbocycles. The summed E-state index contributed by atoms with van der Waals surface area (Å²) in [5.74, 6) is 1.11. The Morgan fingerprint density at radius 1 is 1.34 bits per heavy atom. The number of rotatable bonds is 5. The number of aryl methyl sites for hydroxylation is 2. The number of nitrogens with zero attached hydrogens (tertiary/aromatic N) is 5. The second-order valence-corrected chi connectivity index (χ2v) is 7.05. The summed E-state index contributed by atoms with van der Waals surface area (Å²) in [6.45, 7) is 7.55. The summed E-state index contributed by atoms with van der Waals surface area (Å²) in [4.78, 5) is 24.2. The molecule has 3 aromatic rings. The van der Waals surface area contributed by atoms with E-state index in [0.29, 0.717) is 5.76 Å². The molecule has 1 fully saturated rings. The van der Waals surface area contributed by atoms with Gasteiger partial charge in [0, 0.05) is 0 Å². The number of Topliss-reactive ketones (excluding diaryl/α,β-unsaturated/α-hetero) is 1. The van der Waals surface area contributed by atoms with Crippen LogP contribution in [-0.2, 0) is 9.53 Å². The Morgan fingerprint density at radius 3 is 2.66 bits per heavy atom. The molecule has 0 amide bonds. The minimum absolute atomic E-state index is 0.0779. The molecule has 4 heterocycles. The lowest BCUT2D eigenvalue weighted by atomic mass is 10.1. The maximum atomic E-state index is 11.6. The van der Waals surface area contributed by atoms with Crippen LogP contribution in [-0.4, -0.2) is 66.8 Å². The molecule has 0 saturated carbocycles. The van der Waals surface area contributed by atoms with E-state index in [4.69, 9.17) is 20.3 Å². The fraction of sp³-hybridized carbons (Fsp3) is 0.368. The molecule has 4 atom stereocenters. The van der Waals surface area contributed by atoms with Gasteiger partial charge in [0.2, 0.25) is 5.95 Å². The zero-order valence-corrected chi connectivity index (χ0v) is 17.7. The van der Waals surface area contributed by atoms with Crippen LogP contribution in [0, 0.1) is 19.3 Å². The Morgan fingerprint density at radius 2 is 2.06 bits per heavy atom. The summed E-state index contributed by atoms with van der Waals surface area (Å²) in [5.41, 5.74) is 10.2. The van der Waals surface area contributed by atoms with Crippen molar-refractivity contribution in [3.05, 3.63) is 29.5 Å². The molecule has 0 unspecified atom stereocenters. The topological polar surface area (TPSA) is 198 Å². The van der Waals surface area contributed by atoms with Crippen molar-refractivity contribution in [3.8, 4) is 0 Å². The summed E-state index contributed by atoms with van der Waals surface area (Å²) in [5, 5.41) is 30.0. The molecule has 13 nitrogen and oxygen atoms in total. The molecule has 6 N–H and O–H groups in total. The summed E-state index contributed by atoms with van der Waals surface area (Å²) in [7, 11) is 0. The van der Waals surface area contributed by atoms with Crippen LogP contribution < -0.4 is 11.2 Å². The van der Waals surface area contributed by atoms with Crippen molar-refractivity contribution in [3.63, 3.8) is 0 Å². The first-order chi connectivity index (χ1) is 15.3. The van der Waals surface area contributed by atoms with Crippen molar-refractivity contribution in [2.75, 3.05) is 11.2 Å². The molecule has 1 aliphatic rings. The Labute approximate surface area is 182 Å². The third-order valence-electron chi connectivity index (χ3n) is 4.90. The van der Waals surface area contributed by atoms with Gasteiger partial charge < -0.3 is 30.5 Å². The molecule has 0 aliphatic carbocycles. The summed E-state index contributed by atoms with van der Waals surface area (Å²) < 4.78 is 12.4. The number of nitrogens with one attached hydrogen (secondary N) is 2. The lowest BCUT2D eigenvalue weighted by molar-refractivity contribution is -0.133. The van der Waals surface area contributed by atoms with Crippen LogP contribution in [0.4, 0.5) is 11.8 Å². The van der Waals surface area contributed by atoms with Crippen molar-refractivity contribution in [2.45, 2.75) is 45.3 Å². The molecular weight excluding hydrogens is 420 g/mol. The zero-order valence-electron chi connectivity index (χ0n) is 17.7. The first-order valence-electron chi connectivity index (χ1n) is 9.50. The number of furan rings is 1. The lowest BCUT2D eigenvalue weighted by Gasteiger charge is -2.16. The van der Waals surface area contributed by atoms with Crippen molar-refractivity contribution in [1.82, 2.24) is 19.5 Å². The quantitative estimate of drug-likeness (QED) is 0.273. The number of aromatic nitrogens is 4. The van der Waals surface area contributed by atoms with Gasteiger partial charge in [-0.25, -0.2) is 10.4 Å². The monoisotopic (exact) mass is 444 g/mol. The highest BCUT2D eigenvalue weighted by Gasteiger charge is 2.46. The number of ether oxygens (including phenoxy) is 1. The van der Waals surface area contributed by atoms with Gasteiger partial charge in [-0.3, -0.25) is 9.36 Å². The maximum absolute atomic E-state index is 11.6. The average molecular weight is 444 g/mol. The number of anilines is 2. The van der Waals surface area contributed by atoms with Crippen LogP contribution in [0.3, 0.4) is 0 Å². The fourth-order valence-electron chi connectivity index (χ4n) is 3.22. The number of hydrazone groups is 1. The van der Waals surface area contributed by atoms with E-state index in [-0.39, 0.29) is 22.9 Å². The minimum Gasteiger partial charge on any atom is -0.460 e. The van der Waals surface area contributed by atoms with E-state index in [1.807, 2.05) is 19.9 Å². The second-order valence-electron chi connectivity index (χ2n) is 7.05. The zero-order chi connectivity index (χ0) is 23.6. The van der Waals surface area contributed by atoms with E-state index in [9.17, 15) is 15.0 Å². The molecule has 0 bridgehead atoms. The van der Waals surface area contributed by atoms with Gasteiger partial charge in [0.25, 0.3) is 0 Å². The molecule has 13 heteroatoms. The highest BCUT2D eigenvalue weighted by atomic mass is 16.6. The van der Waals surface area contributed by atoms with Crippen LogP contribution in [0.1, 0.15) is 30.2 Å². The van der Waals surface area contributed by atoms with Crippen molar-refractivity contribution >= 4 is 41.6 Å². The number of aliphatic hydroxyl groups is 2. The van der Waals surface area contributed by atoms with E-state index in [2.05, 4.69) is 32.2 Å². The van der Waals surface area contributed by atoms with Gasteiger partial charge in [-0.15, -0.1) is 0 Å². The van der Waals surface area contributed by atoms with Crippen LogP contribution in [0.15, 0.2) is 21.9 Å². The number of nitrogen functional groups attached to an aromatic ring is 1. The number of aliphatic hydroxyl groups excluding tert-OH is 2.